The molecule has 2 nitrogen and oxygen atoms in total. The molecule has 0 unspecified atom stereocenters. The first-order valence-electron chi connectivity index (χ1n) is 12.5. The second-order valence-corrected chi connectivity index (χ2v) is 10.0. The molecule has 0 amide bonds. The van der Waals surface area contributed by atoms with Crippen LogP contribution in [0.25, 0.3) is 49.7 Å². The topological polar surface area (TPSA) is 21.5 Å². The van der Waals surface area contributed by atoms with Crippen LogP contribution in [0.1, 0.15) is 16.7 Å². The van der Waals surface area contributed by atoms with E-state index in [4.69, 9.17) is 0 Å². The average Bonchev–Trinajstić information content (AvgIpc) is 3.36. The number of hydrogen-bond acceptors (Lipinski definition) is 0. The van der Waals surface area contributed by atoms with Gasteiger partial charge in [0.25, 0.3) is 0 Å². The number of nitrogens with zero attached hydrogens (tertiary/aromatic N) is 1. The first-order chi connectivity index (χ1) is 17.2. The van der Waals surface area contributed by atoms with E-state index in [1.54, 1.807) is 0 Å². The highest BCUT2D eigenvalue weighted by atomic mass is 15.0. The molecule has 2 heteroatoms. The predicted octanol–water partition coefficient (Wildman–Crippen LogP) is 7.36. The summed E-state index contributed by atoms with van der Waals surface area (Å²) in [5, 5.41) is 5.01. The van der Waals surface area contributed by atoms with Crippen molar-refractivity contribution >= 4 is 33.2 Å². The summed E-state index contributed by atoms with van der Waals surface area (Å²) in [6, 6.07) is 36.4. The molecule has 3 heterocycles. The van der Waals surface area contributed by atoms with E-state index in [-0.39, 0.29) is 0 Å². The number of benzene rings is 5. The molecule has 6 aromatic rings. The Bertz CT molecular complexity index is 1840. The van der Waals surface area contributed by atoms with E-state index in [2.05, 4.69) is 114 Å². The lowest BCUT2D eigenvalue weighted by atomic mass is 9.94. The fourth-order valence-electron chi connectivity index (χ4n) is 6.29. The Kier molecular flexibility index (Phi) is 3.81. The van der Waals surface area contributed by atoms with Crippen molar-refractivity contribution in [2.24, 2.45) is 0 Å². The molecule has 0 atom stereocenters. The van der Waals surface area contributed by atoms with Crippen molar-refractivity contribution in [1.29, 1.82) is 0 Å². The molecule has 2 N–H and O–H groups in total. The second-order valence-electron chi connectivity index (χ2n) is 10.0. The lowest BCUT2D eigenvalue weighted by molar-refractivity contribution is -0.473. The molecular weight excluding hydrogens is 424 g/mol. The van der Waals surface area contributed by atoms with E-state index in [1.807, 2.05) is 0 Å². The maximum absolute atomic E-state index is 2.51. The third-order valence-corrected chi connectivity index (χ3v) is 7.94. The first kappa shape index (κ1) is 19.2. The third kappa shape index (κ3) is 2.69. The highest BCUT2D eigenvalue weighted by Crippen LogP contribution is 2.42. The van der Waals surface area contributed by atoms with Crippen LogP contribution in [0.15, 0.2) is 97.1 Å². The van der Waals surface area contributed by atoms with Gasteiger partial charge in [-0.3, -0.25) is 5.32 Å². The smallest absolute Gasteiger partial charge is 0.142 e. The van der Waals surface area contributed by atoms with Crippen LogP contribution < -0.4 is 5.32 Å². The third-order valence-electron chi connectivity index (χ3n) is 7.94. The van der Waals surface area contributed by atoms with Crippen LogP contribution in [-0.2, 0) is 12.8 Å². The molecule has 2 aliphatic rings. The van der Waals surface area contributed by atoms with Gasteiger partial charge in [0, 0.05) is 39.7 Å². The van der Waals surface area contributed by atoms with Gasteiger partial charge in [0.2, 0.25) is 0 Å². The molecule has 0 spiro atoms. The van der Waals surface area contributed by atoms with Crippen LogP contribution in [0, 0.1) is 6.92 Å². The standard InChI is InChI=1S/C33H24N2/c1-20-10-15-32-27(16-20)28-19-24(17-23-12-11-21-6-2-5-9-31(21)35(32)33(23)28)22-13-14-30-26(18-22)25-7-3-4-8-29(25)34-30/h2-10,13-19,34H,11-12H2,1H3/p+1. The highest BCUT2D eigenvalue weighted by molar-refractivity contribution is 6.12. The average molecular weight is 450 g/mol. The van der Waals surface area contributed by atoms with Gasteiger partial charge in [0.15, 0.2) is 0 Å². The van der Waals surface area contributed by atoms with E-state index in [0.717, 1.165) is 12.8 Å². The van der Waals surface area contributed by atoms with Crippen LogP contribution in [-0.4, -0.2) is 4.57 Å². The van der Waals surface area contributed by atoms with Gasteiger partial charge in [0.05, 0.1) is 11.0 Å². The van der Waals surface area contributed by atoms with Crippen molar-refractivity contribution in [1.82, 2.24) is 4.57 Å². The van der Waals surface area contributed by atoms with Gasteiger partial charge in [0.1, 0.15) is 11.4 Å². The van der Waals surface area contributed by atoms with Crippen LogP contribution in [0.3, 0.4) is 0 Å². The number of nitrogens with two attached hydrogens (primary N) is 1. The predicted molar refractivity (Wildman–Crippen MR) is 145 cm³/mol. The minimum Gasteiger partial charge on any atom is -0.309 e. The summed E-state index contributed by atoms with van der Waals surface area (Å²) in [6.07, 6.45) is 2.12. The van der Waals surface area contributed by atoms with Gasteiger partial charge in [-0.15, -0.1) is 0 Å². The molecule has 0 fully saturated rings. The van der Waals surface area contributed by atoms with Crippen LogP contribution >= 0.6 is 0 Å². The van der Waals surface area contributed by atoms with Crippen molar-refractivity contribution in [3.63, 3.8) is 0 Å². The van der Waals surface area contributed by atoms with Crippen LogP contribution in [0.4, 0.5) is 11.4 Å². The van der Waals surface area contributed by atoms with Gasteiger partial charge in [-0.25, -0.2) is 0 Å². The van der Waals surface area contributed by atoms with E-state index < -0.39 is 0 Å². The summed E-state index contributed by atoms with van der Waals surface area (Å²) in [7, 11) is 0. The summed E-state index contributed by atoms with van der Waals surface area (Å²) in [4.78, 5) is 0. The van der Waals surface area contributed by atoms with E-state index in [0.29, 0.717) is 0 Å². The van der Waals surface area contributed by atoms with Crippen molar-refractivity contribution < 1.29 is 5.32 Å². The van der Waals surface area contributed by atoms with Crippen molar-refractivity contribution in [2.75, 3.05) is 0 Å². The molecule has 5 aromatic carbocycles. The van der Waals surface area contributed by atoms with Crippen LogP contribution in [0.5, 0.6) is 0 Å². The first-order valence-corrected chi connectivity index (χ1v) is 12.5. The number of rotatable bonds is 1. The normalized spacial score (nSPS) is 13.5. The molecule has 0 aliphatic carbocycles. The van der Waals surface area contributed by atoms with Crippen molar-refractivity contribution in [3.8, 4) is 27.9 Å². The SMILES string of the molecule is Cc1ccc2c(c1)c1cc(-c3ccc4c(c3)-c3ccccc3[NH2+]4)cc3c1n2-c1ccccc1CC3. The van der Waals surface area contributed by atoms with E-state index >= 15 is 0 Å². The lowest BCUT2D eigenvalue weighted by Crippen LogP contribution is -2.69. The highest BCUT2D eigenvalue weighted by Gasteiger charge is 2.25. The molecule has 1 aromatic heterocycles. The lowest BCUT2D eigenvalue weighted by Gasteiger charge is -2.11. The molecule has 0 saturated carbocycles. The Morgan fingerprint density at radius 2 is 1.46 bits per heavy atom. The van der Waals surface area contributed by atoms with Gasteiger partial charge in [-0.1, -0.05) is 42.0 Å². The maximum Gasteiger partial charge on any atom is 0.142 e. The quantitative estimate of drug-likeness (QED) is 0.253. The molecular formula is C33H25N2+. The fourth-order valence-corrected chi connectivity index (χ4v) is 6.29. The largest absolute Gasteiger partial charge is 0.309 e. The van der Waals surface area contributed by atoms with Gasteiger partial charge in [-0.05, 0) is 90.6 Å². The van der Waals surface area contributed by atoms with Gasteiger partial charge < -0.3 is 4.57 Å². The number of fused-ring (bicyclic) bond motifs is 8. The minimum absolute atomic E-state index is 1.05. The number of hydrogen-bond donors (Lipinski definition) is 1. The zero-order valence-electron chi connectivity index (χ0n) is 19.7. The molecule has 0 saturated heterocycles. The minimum atomic E-state index is 1.05. The van der Waals surface area contributed by atoms with E-state index in [1.165, 1.54) is 77.8 Å². The molecule has 35 heavy (non-hydrogen) atoms. The second kappa shape index (κ2) is 6.94. The summed E-state index contributed by atoms with van der Waals surface area (Å²) < 4.78 is 2.51. The Morgan fingerprint density at radius 3 is 2.43 bits per heavy atom. The summed E-state index contributed by atoms with van der Waals surface area (Å²) in [6.45, 7) is 2.20. The van der Waals surface area contributed by atoms with Crippen LogP contribution in [0.2, 0.25) is 0 Å². The van der Waals surface area contributed by atoms with Crippen molar-refractivity contribution in [3.05, 3.63) is 114 Å². The van der Waals surface area contributed by atoms with E-state index in [9.17, 15) is 0 Å². The Labute approximate surface area is 204 Å². The number of aryl methyl sites for hydroxylation is 3. The molecule has 0 bridgehead atoms. The zero-order chi connectivity index (χ0) is 23.1. The molecule has 166 valence electrons. The fraction of sp³-hybridized carbons (Fsp3) is 0.0909. The number of aromatic nitrogens is 1. The van der Waals surface area contributed by atoms with Gasteiger partial charge >= 0.3 is 0 Å². The molecule has 0 radical (unpaired) electrons. The molecule has 2 aliphatic heterocycles. The van der Waals surface area contributed by atoms with Crippen molar-refractivity contribution in [2.45, 2.75) is 19.8 Å². The number of para-hydroxylation sites is 2. The Hall–Kier alpha value is -4.14. The summed E-state index contributed by atoms with van der Waals surface area (Å²) in [5.74, 6) is 0. The zero-order valence-corrected chi connectivity index (χ0v) is 19.7. The monoisotopic (exact) mass is 449 g/mol. The summed E-state index contributed by atoms with van der Waals surface area (Å²) >= 11 is 0. The Balaban J connectivity index is 1.42. The Morgan fingerprint density at radius 1 is 0.629 bits per heavy atom. The molecule has 8 rings (SSSR count). The maximum atomic E-state index is 2.51. The van der Waals surface area contributed by atoms with Gasteiger partial charge in [-0.2, -0.15) is 0 Å². The number of quaternary nitrogens is 1. The summed E-state index contributed by atoms with van der Waals surface area (Å²) in [5.41, 5.74) is 16.1.